The van der Waals surface area contributed by atoms with Gasteiger partial charge in [-0.3, -0.25) is 14.4 Å². The van der Waals surface area contributed by atoms with Crippen molar-refractivity contribution >= 4 is 17.3 Å². The molecule has 1 aliphatic heterocycles. The largest absolute Gasteiger partial charge is 0.466 e. The molecule has 138 valence electrons. The highest BCUT2D eigenvalue weighted by atomic mass is 16.5. The zero-order valence-electron chi connectivity index (χ0n) is 15.2. The zero-order valence-corrected chi connectivity index (χ0v) is 15.2. The molecule has 1 unspecified atom stereocenters. The van der Waals surface area contributed by atoms with Gasteiger partial charge in [-0.2, -0.15) is 0 Å². The molecular weight excluding hydrogens is 332 g/mol. The van der Waals surface area contributed by atoms with Crippen LogP contribution in [0.2, 0.25) is 0 Å². The molecule has 0 amide bonds. The van der Waals surface area contributed by atoms with Crippen LogP contribution in [0.5, 0.6) is 0 Å². The number of carbonyl (C=O) groups is 1. The van der Waals surface area contributed by atoms with Gasteiger partial charge in [-0.25, -0.2) is 0 Å². The van der Waals surface area contributed by atoms with Crippen LogP contribution in [0.15, 0.2) is 39.9 Å². The first kappa shape index (κ1) is 18.2. The van der Waals surface area contributed by atoms with Gasteiger partial charge in [0.15, 0.2) is 0 Å². The number of esters is 1. The Hall–Kier alpha value is -2.63. The lowest BCUT2D eigenvalue weighted by atomic mass is 9.95. The number of hydrogen-bond acceptors (Lipinski definition) is 6. The molecule has 0 bridgehead atoms. The average molecular weight is 356 g/mol. The van der Waals surface area contributed by atoms with Crippen LogP contribution >= 0.6 is 0 Å². The van der Waals surface area contributed by atoms with E-state index in [1.807, 2.05) is 42.2 Å². The van der Waals surface area contributed by atoms with Gasteiger partial charge in [-0.1, -0.05) is 30.3 Å². The molecule has 1 saturated heterocycles. The van der Waals surface area contributed by atoms with Crippen molar-refractivity contribution in [3.8, 4) is 0 Å². The molecule has 0 radical (unpaired) electrons. The number of carbonyl (C=O) groups excluding carboxylic acids is 1. The van der Waals surface area contributed by atoms with Crippen LogP contribution in [0.4, 0.5) is 11.4 Å². The average Bonchev–Trinajstić information content (AvgIpc) is 2.68. The highest BCUT2D eigenvalue weighted by molar-refractivity contribution is 5.77. The Kier molecular flexibility index (Phi) is 5.40. The maximum absolute atomic E-state index is 12.1. The Morgan fingerprint density at radius 3 is 2.46 bits per heavy atom. The third kappa shape index (κ3) is 3.49. The minimum atomic E-state index is -0.463. The Balaban J connectivity index is 1.69. The van der Waals surface area contributed by atoms with Crippen LogP contribution in [0.3, 0.4) is 0 Å². The summed E-state index contributed by atoms with van der Waals surface area (Å²) < 4.78 is 5.08. The Labute approximate surface area is 152 Å². The summed E-state index contributed by atoms with van der Waals surface area (Å²) in [4.78, 5) is 38.0. The SMILES string of the molecule is CCOC(=O)C1CCN(c2c(NC(C)c3ccccc3)c(=O)c2=O)CC1. The van der Waals surface area contributed by atoms with Crippen molar-refractivity contribution in [1.82, 2.24) is 0 Å². The van der Waals surface area contributed by atoms with Gasteiger partial charge in [0, 0.05) is 19.1 Å². The number of rotatable bonds is 6. The molecular formula is C20H24N2O4. The van der Waals surface area contributed by atoms with Crippen LogP contribution in [0, 0.1) is 5.92 Å². The van der Waals surface area contributed by atoms with Gasteiger partial charge in [-0.15, -0.1) is 0 Å². The molecule has 2 aromatic rings. The molecule has 0 spiro atoms. The van der Waals surface area contributed by atoms with Gasteiger partial charge in [0.25, 0.3) is 10.9 Å². The van der Waals surface area contributed by atoms with Crippen LogP contribution in [-0.4, -0.2) is 25.7 Å². The number of hydrogen-bond donors (Lipinski definition) is 1. The van der Waals surface area contributed by atoms with Crippen molar-refractivity contribution in [2.75, 3.05) is 29.9 Å². The van der Waals surface area contributed by atoms with Crippen LogP contribution in [0.1, 0.15) is 38.3 Å². The van der Waals surface area contributed by atoms with Gasteiger partial charge in [0.05, 0.1) is 12.5 Å². The van der Waals surface area contributed by atoms with E-state index in [1.54, 1.807) is 6.92 Å². The van der Waals surface area contributed by atoms with Gasteiger partial charge in [-0.05, 0) is 32.3 Å². The van der Waals surface area contributed by atoms with Crippen LogP contribution < -0.4 is 21.1 Å². The second kappa shape index (κ2) is 7.72. The first-order valence-corrected chi connectivity index (χ1v) is 9.09. The second-order valence-corrected chi connectivity index (χ2v) is 6.67. The molecule has 1 fully saturated rings. The number of nitrogens with one attached hydrogen (secondary N) is 1. The number of piperidine rings is 1. The molecule has 0 aliphatic carbocycles. The van der Waals surface area contributed by atoms with Gasteiger partial charge in [0.2, 0.25) is 0 Å². The minimum absolute atomic E-state index is 0.0738. The molecule has 1 heterocycles. The van der Waals surface area contributed by atoms with E-state index in [9.17, 15) is 14.4 Å². The van der Waals surface area contributed by atoms with E-state index in [0.29, 0.717) is 43.9 Å². The molecule has 1 aliphatic rings. The second-order valence-electron chi connectivity index (χ2n) is 6.67. The van der Waals surface area contributed by atoms with Gasteiger partial charge >= 0.3 is 5.97 Å². The maximum Gasteiger partial charge on any atom is 0.309 e. The highest BCUT2D eigenvalue weighted by Gasteiger charge is 2.32. The number of ether oxygens (including phenoxy) is 1. The van der Waals surface area contributed by atoms with Crippen molar-refractivity contribution in [2.45, 2.75) is 32.7 Å². The minimum Gasteiger partial charge on any atom is -0.466 e. The summed E-state index contributed by atoms with van der Waals surface area (Å²) in [7, 11) is 0. The summed E-state index contributed by atoms with van der Waals surface area (Å²) in [6.45, 7) is 5.28. The molecule has 2 aromatic carbocycles. The van der Waals surface area contributed by atoms with Gasteiger partial charge in [0.1, 0.15) is 11.4 Å². The molecule has 1 N–H and O–H groups in total. The molecule has 6 heteroatoms. The summed E-state index contributed by atoms with van der Waals surface area (Å²) in [6.07, 6.45) is 1.26. The quantitative estimate of drug-likeness (QED) is 0.632. The fraction of sp³-hybridized carbons (Fsp3) is 0.450. The van der Waals surface area contributed by atoms with E-state index in [4.69, 9.17) is 4.74 Å². The lowest BCUT2D eigenvalue weighted by Crippen LogP contribution is -2.46. The van der Waals surface area contributed by atoms with Gasteiger partial charge < -0.3 is 15.0 Å². The van der Waals surface area contributed by atoms with E-state index < -0.39 is 10.9 Å². The Bertz CT molecular complexity index is 831. The van der Waals surface area contributed by atoms with E-state index >= 15 is 0 Å². The predicted octanol–water partition coefficient (Wildman–Crippen LogP) is 2.24. The lowest BCUT2D eigenvalue weighted by molar-refractivity contribution is -0.148. The molecule has 3 rings (SSSR count). The molecule has 6 nitrogen and oxygen atoms in total. The predicted molar refractivity (Wildman–Crippen MR) is 101 cm³/mol. The summed E-state index contributed by atoms with van der Waals surface area (Å²) in [5.41, 5.74) is 0.992. The molecule has 0 saturated carbocycles. The topological polar surface area (TPSA) is 75.7 Å². The summed E-state index contributed by atoms with van der Waals surface area (Å²) in [5, 5.41) is 3.19. The lowest BCUT2D eigenvalue weighted by Gasteiger charge is -2.34. The van der Waals surface area contributed by atoms with Crippen molar-refractivity contribution in [2.24, 2.45) is 5.92 Å². The van der Waals surface area contributed by atoms with E-state index in [0.717, 1.165) is 5.56 Å². The van der Waals surface area contributed by atoms with Crippen molar-refractivity contribution in [3.05, 3.63) is 56.3 Å². The Morgan fingerprint density at radius 2 is 1.85 bits per heavy atom. The third-order valence-corrected chi connectivity index (χ3v) is 4.98. The third-order valence-electron chi connectivity index (χ3n) is 4.98. The molecule has 1 atom stereocenters. The first-order valence-electron chi connectivity index (χ1n) is 9.09. The number of anilines is 2. The first-order chi connectivity index (χ1) is 12.5. The summed E-state index contributed by atoms with van der Waals surface area (Å²) >= 11 is 0. The number of nitrogens with zero attached hydrogens (tertiary/aromatic N) is 1. The van der Waals surface area contributed by atoms with Crippen molar-refractivity contribution < 1.29 is 9.53 Å². The van der Waals surface area contributed by atoms with E-state index in [-0.39, 0.29) is 17.9 Å². The smallest absolute Gasteiger partial charge is 0.309 e. The van der Waals surface area contributed by atoms with E-state index in [2.05, 4.69) is 5.32 Å². The van der Waals surface area contributed by atoms with Crippen molar-refractivity contribution in [1.29, 1.82) is 0 Å². The fourth-order valence-corrected chi connectivity index (χ4v) is 3.46. The fourth-order valence-electron chi connectivity index (χ4n) is 3.46. The maximum atomic E-state index is 12.1. The summed E-state index contributed by atoms with van der Waals surface area (Å²) in [5.74, 6) is -0.300. The summed E-state index contributed by atoms with van der Waals surface area (Å²) in [6, 6.07) is 9.71. The standard InChI is InChI=1S/C20H24N2O4/c1-3-26-20(25)15-9-11-22(12-10-15)17-16(18(23)19(17)24)21-13(2)14-7-5-4-6-8-14/h4-8,13,15,21H,3,9-12H2,1-2H3. The highest BCUT2D eigenvalue weighted by Crippen LogP contribution is 2.29. The molecule has 0 aromatic heterocycles. The Morgan fingerprint density at radius 1 is 1.19 bits per heavy atom. The van der Waals surface area contributed by atoms with Crippen LogP contribution in [-0.2, 0) is 9.53 Å². The number of benzene rings is 1. The normalized spacial score (nSPS) is 16.5. The zero-order chi connectivity index (χ0) is 18.7. The monoisotopic (exact) mass is 356 g/mol. The van der Waals surface area contributed by atoms with Crippen LogP contribution in [0.25, 0.3) is 0 Å². The molecule has 26 heavy (non-hydrogen) atoms. The van der Waals surface area contributed by atoms with Crippen molar-refractivity contribution in [3.63, 3.8) is 0 Å². The van der Waals surface area contributed by atoms with E-state index in [1.165, 1.54) is 0 Å².